The minimum absolute atomic E-state index is 0.0570. The Hall–Kier alpha value is -0.580. The molecular weight excluding hydrogens is 272 g/mol. The summed E-state index contributed by atoms with van der Waals surface area (Å²) in [5.41, 5.74) is 0. The van der Waals surface area contributed by atoms with Crippen molar-refractivity contribution in [2.75, 3.05) is 18.8 Å². The van der Waals surface area contributed by atoms with Crippen LogP contribution in [0.25, 0.3) is 0 Å². The van der Waals surface area contributed by atoms with Gasteiger partial charge in [-0.3, -0.25) is 4.21 Å². The van der Waals surface area contributed by atoms with E-state index >= 15 is 0 Å². The van der Waals surface area contributed by atoms with Gasteiger partial charge in [0.1, 0.15) is 0 Å². The Morgan fingerprint density at radius 2 is 2.00 bits per heavy atom. The van der Waals surface area contributed by atoms with Crippen molar-refractivity contribution in [1.82, 2.24) is 10.2 Å². The number of urea groups is 1. The number of carbonyl (C=O) groups excluding carboxylic acids is 1. The van der Waals surface area contributed by atoms with Crippen molar-refractivity contribution >= 4 is 16.8 Å². The molecule has 2 rings (SSSR count). The Labute approximate surface area is 125 Å². The molecule has 0 bridgehead atoms. The van der Waals surface area contributed by atoms with Crippen molar-refractivity contribution < 1.29 is 9.00 Å². The summed E-state index contributed by atoms with van der Waals surface area (Å²) in [6.45, 7) is 5.90. The number of hydrogen-bond acceptors (Lipinski definition) is 2. The summed E-state index contributed by atoms with van der Waals surface area (Å²) in [5.74, 6) is 1.29. The smallest absolute Gasteiger partial charge is 0.317 e. The molecule has 116 valence electrons. The highest BCUT2D eigenvalue weighted by Crippen LogP contribution is 2.24. The Bertz CT molecular complexity index is 362. The Balaban J connectivity index is 1.92. The van der Waals surface area contributed by atoms with Crippen molar-refractivity contribution in [2.24, 2.45) is 5.92 Å². The number of hydrogen-bond donors (Lipinski definition) is 1. The van der Waals surface area contributed by atoms with Crippen molar-refractivity contribution in [3.8, 4) is 0 Å². The summed E-state index contributed by atoms with van der Waals surface area (Å²) in [6.07, 6.45) is 6.56. The summed E-state index contributed by atoms with van der Waals surface area (Å²) in [7, 11) is -0.805. The van der Waals surface area contributed by atoms with Gasteiger partial charge in [0.25, 0.3) is 0 Å². The van der Waals surface area contributed by atoms with Crippen LogP contribution in [0.3, 0.4) is 0 Å². The summed E-state index contributed by atoms with van der Waals surface area (Å²) >= 11 is 0. The highest BCUT2D eigenvalue weighted by atomic mass is 32.2. The average Bonchev–Trinajstić information content (AvgIpc) is 2.47. The van der Waals surface area contributed by atoms with Crippen molar-refractivity contribution in [2.45, 2.75) is 63.7 Å². The summed E-state index contributed by atoms with van der Waals surface area (Å²) in [6, 6.07) is 0.163. The predicted molar refractivity (Wildman–Crippen MR) is 83.2 cm³/mol. The molecule has 1 aliphatic heterocycles. The van der Waals surface area contributed by atoms with Gasteiger partial charge in [0.05, 0.1) is 5.25 Å². The van der Waals surface area contributed by atoms with E-state index < -0.39 is 10.8 Å². The Morgan fingerprint density at radius 3 is 2.70 bits per heavy atom. The second-order valence-electron chi connectivity index (χ2n) is 6.24. The van der Waals surface area contributed by atoms with E-state index in [1.807, 2.05) is 11.8 Å². The van der Waals surface area contributed by atoms with Gasteiger partial charge in [-0.05, 0) is 31.6 Å². The number of rotatable bonds is 3. The van der Waals surface area contributed by atoms with E-state index in [1.165, 1.54) is 6.42 Å². The van der Waals surface area contributed by atoms with Crippen molar-refractivity contribution in [3.63, 3.8) is 0 Å². The van der Waals surface area contributed by atoms with Crippen molar-refractivity contribution in [1.29, 1.82) is 0 Å². The zero-order valence-corrected chi connectivity index (χ0v) is 13.6. The van der Waals surface area contributed by atoms with E-state index in [-0.39, 0.29) is 17.3 Å². The monoisotopic (exact) mass is 300 g/mol. The van der Waals surface area contributed by atoms with E-state index in [1.54, 1.807) is 0 Å². The van der Waals surface area contributed by atoms with Gasteiger partial charge in [-0.25, -0.2) is 4.79 Å². The fourth-order valence-corrected chi connectivity index (χ4v) is 4.84. The van der Waals surface area contributed by atoms with Gasteiger partial charge in [-0.15, -0.1) is 0 Å². The average molecular weight is 300 g/mol. The first kappa shape index (κ1) is 15.8. The zero-order valence-electron chi connectivity index (χ0n) is 12.8. The Morgan fingerprint density at radius 1 is 1.25 bits per heavy atom. The van der Waals surface area contributed by atoms with Gasteiger partial charge in [0.15, 0.2) is 0 Å². The van der Waals surface area contributed by atoms with Gasteiger partial charge in [0, 0.05) is 35.7 Å². The minimum atomic E-state index is -0.805. The lowest BCUT2D eigenvalue weighted by Crippen LogP contribution is -2.53. The van der Waals surface area contributed by atoms with Gasteiger partial charge in [0.2, 0.25) is 0 Å². The number of carbonyl (C=O) groups is 1. The van der Waals surface area contributed by atoms with Crippen LogP contribution in [-0.4, -0.2) is 45.3 Å². The maximum Gasteiger partial charge on any atom is 0.317 e. The molecule has 1 aliphatic carbocycles. The van der Waals surface area contributed by atoms with Crippen LogP contribution in [0, 0.1) is 5.92 Å². The van der Waals surface area contributed by atoms with Crippen LogP contribution >= 0.6 is 0 Å². The molecule has 0 aromatic rings. The molecule has 20 heavy (non-hydrogen) atoms. The van der Waals surface area contributed by atoms with Gasteiger partial charge >= 0.3 is 6.03 Å². The van der Waals surface area contributed by atoms with Gasteiger partial charge < -0.3 is 10.2 Å². The summed E-state index contributed by atoms with van der Waals surface area (Å²) in [5, 5.41) is 3.32. The van der Waals surface area contributed by atoms with E-state index in [9.17, 15) is 9.00 Å². The summed E-state index contributed by atoms with van der Waals surface area (Å²) < 4.78 is 12.1. The maximum absolute atomic E-state index is 12.4. The van der Waals surface area contributed by atoms with Crippen molar-refractivity contribution in [3.05, 3.63) is 0 Å². The lowest BCUT2D eigenvalue weighted by Gasteiger charge is -2.36. The van der Waals surface area contributed by atoms with Gasteiger partial charge in [-0.1, -0.05) is 26.7 Å². The van der Waals surface area contributed by atoms with E-state index in [0.717, 1.165) is 45.2 Å². The molecule has 1 heterocycles. The molecule has 2 aliphatic rings. The fourth-order valence-electron chi connectivity index (χ4n) is 3.41. The highest BCUT2D eigenvalue weighted by Gasteiger charge is 2.32. The predicted octanol–water partition coefficient (Wildman–Crippen LogP) is 2.51. The van der Waals surface area contributed by atoms with Crippen LogP contribution in [0.1, 0.15) is 52.4 Å². The topological polar surface area (TPSA) is 49.4 Å². The molecule has 1 N–H and O–H groups in total. The number of nitrogens with one attached hydrogen (secondary N) is 1. The SMILES string of the molecule is CC[S@](=O)[C@@H]1CCCC[C@H]1NC(=O)N1CCC[C@H](C)C1. The summed E-state index contributed by atoms with van der Waals surface area (Å²) in [4.78, 5) is 14.3. The van der Waals surface area contributed by atoms with E-state index in [4.69, 9.17) is 0 Å². The maximum atomic E-state index is 12.4. The third-order valence-electron chi connectivity index (χ3n) is 4.58. The van der Waals surface area contributed by atoms with Crippen LogP contribution in [-0.2, 0) is 10.8 Å². The Kier molecular flexibility index (Phi) is 5.87. The second-order valence-corrected chi connectivity index (χ2v) is 8.19. The van der Waals surface area contributed by atoms with E-state index in [0.29, 0.717) is 11.7 Å². The molecule has 0 spiro atoms. The van der Waals surface area contributed by atoms with Crippen LogP contribution in [0.2, 0.25) is 0 Å². The number of nitrogens with zero attached hydrogens (tertiary/aromatic N) is 1. The van der Waals surface area contributed by atoms with Gasteiger partial charge in [-0.2, -0.15) is 0 Å². The molecule has 0 radical (unpaired) electrons. The molecule has 4 nitrogen and oxygen atoms in total. The van der Waals surface area contributed by atoms with Crippen LogP contribution in [0.5, 0.6) is 0 Å². The van der Waals surface area contributed by atoms with Crippen LogP contribution < -0.4 is 5.32 Å². The zero-order chi connectivity index (χ0) is 14.5. The largest absolute Gasteiger partial charge is 0.334 e. The quantitative estimate of drug-likeness (QED) is 0.870. The normalized spacial score (nSPS) is 32.7. The lowest BCUT2D eigenvalue weighted by molar-refractivity contribution is 0.164. The molecule has 2 fully saturated rings. The standard InChI is InChI=1S/C15H28N2O2S/c1-3-20(19)14-9-5-4-8-13(14)16-15(18)17-10-6-7-12(2)11-17/h12-14H,3-11H2,1-2H3,(H,16,18)/t12-,13+,14+,20-/m0/s1. The van der Waals surface area contributed by atoms with E-state index in [2.05, 4.69) is 12.2 Å². The first-order valence-electron chi connectivity index (χ1n) is 8.04. The number of likely N-dealkylation sites (tertiary alicyclic amines) is 1. The molecule has 0 unspecified atom stereocenters. The van der Waals surface area contributed by atoms with Crippen LogP contribution in [0.15, 0.2) is 0 Å². The second kappa shape index (κ2) is 7.43. The number of amides is 2. The molecule has 1 saturated heterocycles. The lowest BCUT2D eigenvalue weighted by atomic mass is 9.95. The molecule has 4 atom stereocenters. The molecule has 1 saturated carbocycles. The molecule has 2 amide bonds. The van der Waals surface area contributed by atoms with Crippen LogP contribution in [0.4, 0.5) is 4.79 Å². The first-order valence-corrected chi connectivity index (χ1v) is 9.42. The first-order chi connectivity index (χ1) is 9.61. The number of piperidine rings is 1. The fraction of sp³-hybridized carbons (Fsp3) is 0.933. The molecular formula is C15H28N2O2S. The molecule has 0 aromatic heterocycles. The third kappa shape index (κ3) is 3.96. The third-order valence-corrected chi connectivity index (χ3v) is 6.39. The highest BCUT2D eigenvalue weighted by molar-refractivity contribution is 7.85. The molecule has 5 heteroatoms. The molecule has 0 aromatic carbocycles. The minimum Gasteiger partial charge on any atom is -0.334 e.